The molecule has 0 aromatic carbocycles. The number of rotatable bonds is 4. The largest absolute Gasteiger partial charge is 0.419 e. The molecular weight excluding hydrogens is 317 g/mol. The molecule has 112 valence electrons. The molecule has 1 aliphatic rings. The minimum absolute atomic E-state index is 0.289. The summed E-state index contributed by atoms with van der Waals surface area (Å²) in [4.78, 5) is 2.83. The normalized spacial score (nSPS) is 16.7. The van der Waals surface area contributed by atoms with Gasteiger partial charge in [0.1, 0.15) is 10.0 Å². The standard InChI is InChI=1S/C11H12ClF3N2O2S/c1-17(6-7-2-3-7)20(18,19)8-4-9(11(13,14)15)10(12)16-5-8/h4-5,7H,2-3,6H2,1H3. The fourth-order valence-electron chi connectivity index (χ4n) is 1.71. The lowest BCUT2D eigenvalue weighted by Gasteiger charge is -2.17. The molecule has 0 amide bonds. The summed E-state index contributed by atoms with van der Waals surface area (Å²) in [6.45, 7) is 0.298. The third-order valence-corrected chi connectivity index (χ3v) is 5.13. The van der Waals surface area contributed by atoms with E-state index in [1.807, 2.05) is 0 Å². The molecule has 2 rings (SSSR count). The summed E-state index contributed by atoms with van der Waals surface area (Å²) in [5.74, 6) is 0.289. The van der Waals surface area contributed by atoms with Crippen molar-refractivity contribution in [3.05, 3.63) is 23.0 Å². The van der Waals surface area contributed by atoms with Crippen LogP contribution in [0.15, 0.2) is 17.2 Å². The van der Waals surface area contributed by atoms with Gasteiger partial charge >= 0.3 is 6.18 Å². The second-order valence-corrected chi connectivity index (χ2v) is 7.14. The predicted molar refractivity (Wildman–Crippen MR) is 66.8 cm³/mol. The van der Waals surface area contributed by atoms with Crippen LogP contribution >= 0.6 is 11.6 Å². The molecule has 1 saturated carbocycles. The number of hydrogen-bond donors (Lipinski definition) is 0. The zero-order valence-corrected chi connectivity index (χ0v) is 12.1. The van der Waals surface area contributed by atoms with Crippen LogP contribution in [-0.4, -0.2) is 31.3 Å². The quantitative estimate of drug-likeness (QED) is 0.799. The summed E-state index contributed by atoms with van der Waals surface area (Å²) < 4.78 is 63.5. The van der Waals surface area contributed by atoms with Gasteiger partial charge in [-0.2, -0.15) is 13.2 Å². The van der Waals surface area contributed by atoms with Crippen LogP contribution in [-0.2, 0) is 16.2 Å². The van der Waals surface area contributed by atoms with Gasteiger partial charge in [0.15, 0.2) is 0 Å². The number of aromatic nitrogens is 1. The van der Waals surface area contributed by atoms with E-state index in [0.29, 0.717) is 12.6 Å². The Bertz CT molecular complexity index is 615. The molecule has 0 spiro atoms. The van der Waals surface area contributed by atoms with E-state index in [9.17, 15) is 21.6 Å². The summed E-state index contributed by atoms with van der Waals surface area (Å²) in [6.07, 6.45) is -2.03. The first-order chi connectivity index (χ1) is 9.12. The van der Waals surface area contributed by atoms with Crippen molar-refractivity contribution in [2.75, 3.05) is 13.6 Å². The Balaban J connectivity index is 2.36. The number of pyridine rings is 1. The lowest BCUT2D eigenvalue weighted by molar-refractivity contribution is -0.137. The molecule has 1 heterocycles. The first-order valence-electron chi connectivity index (χ1n) is 5.81. The number of alkyl halides is 3. The second-order valence-electron chi connectivity index (χ2n) is 4.74. The van der Waals surface area contributed by atoms with Crippen LogP contribution in [0.4, 0.5) is 13.2 Å². The predicted octanol–water partition coefficient (Wildman–Crippen LogP) is 2.78. The summed E-state index contributed by atoms with van der Waals surface area (Å²) in [7, 11) is -2.64. The van der Waals surface area contributed by atoms with Crippen molar-refractivity contribution >= 4 is 21.6 Å². The van der Waals surface area contributed by atoms with Gasteiger partial charge in [0, 0.05) is 19.8 Å². The molecule has 0 radical (unpaired) electrons. The van der Waals surface area contributed by atoms with Crippen molar-refractivity contribution in [3.8, 4) is 0 Å². The van der Waals surface area contributed by atoms with Gasteiger partial charge < -0.3 is 0 Å². The molecule has 1 aromatic heterocycles. The van der Waals surface area contributed by atoms with Crippen LogP contribution in [0.5, 0.6) is 0 Å². The van der Waals surface area contributed by atoms with E-state index in [-0.39, 0.29) is 5.92 Å². The zero-order chi connectivity index (χ0) is 15.1. The van der Waals surface area contributed by atoms with E-state index < -0.39 is 31.8 Å². The third-order valence-electron chi connectivity index (χ3n) is 3.04. The van der Waals surface area contributed by atoms with Gasteiger partial charge in [0.2, 0.25) is 10.0 Å². The lowest BCUT2D eigenvalue weighted by Crippen LogP contribution is -2.29. The molecule has 9 heteroatoms. The van der Waals surface area contributed by atoms with E-state index in [1.165, 1.54) is 7.05 Å². The number of halogens is 4. The van der Waals surface area contributed by atoms with Gasteiger partial charge in [0.05, 0.1) is 5.56 Å². The average molecular weight is 329 g/mol. The summed E-state index contributed by atoms with van der Waals surface area (Å²) >= 11 is 5.37. The maximum absolute atomic E-state index is 12.7. The highest BCUT2D eigenvalue weighted by atomic mass is 35.5. The van der Waals surface area contributed by atoms with Crippen molar-refractivity contribution in [1.29, 1.82) is 0 Å². The number of sulfonamides is 1. The molecule has 4 nitrogen and oxygen atoms in total. The monoisotopic (exact) mass is 328 g/mol. The third kappa shape index (κ3) is 3.24. The fourth-order valence-corrected chi connectivity index (χ4v) is 3.14. The molecule has 0 unspecified atom stereocenters. The highest BCUT2D eigenvalue weighted by Crippen LogP contribution is 2.35. The van der Waals surface area contributed by atoms with E-state index in [4.69, 9.17) is 11.6 Å². The molecule has 1 fully saturated rings. The first-order valence-corrected chi connectivity index (χ1v) is 7.63. The van der Waals surface area contributed by atoms with Gasteiger partial charge in [-0.25, -0.2) is 17.7 Å². The van der Waals surface area contributed by atoms with E-state index >= 15 is 0 Å². The van der Waals surface area contributed by atoms with Crippen LogP contribution in [0.3, 0.4) is 0 Å². The SMILES string of the molecule is CN(CC1CC1)S(=O)(=O)c1cnc(Cl)c(C(F)(F)F)c1. The first kappa shape index (κ1) is 15.5. The smallest absolute Gasteiger partial charge is 0.243 e. The Morgan fingerprint density at radius 1 is 1.45 bits per heavy atom. The molecule has 0 bridgehead atoms. The highest BCUT2D eigenvalue weighted by Gasteiger charge is 2.36. The number of hydrogen-bond acceptors (Lipinski definition) is 3. The Morgan fingerprint density at radius 3 is 2.55 bits per heavy atom. The summed E-state index contributed by atoms with van der Waals surface area (Å²) in [5.41, 5.74) is -1.25. The minimum atomic E-state index is -4.75. The second kappa shape index (κ2) is 5.16. The Labute approximate surface area is 119 Å². The Hall–Kier alpha value is -0.860. The van der Waals surface area contributed by atoms with Gasteiger partial charge in [0.25, 0.3) is 0 Å². The van der Waals surface area contributed by atoms with Crippen LogP contribution in [0.1, 0.15) is 18.4 Å². The van der Waals surface area contributed by atoms with Crippen LogP contribution < -0.4 is 0 Å². The van der Waals surface area contributed by atoms with Gasteiger partial charge in [-0.15, -0.1) is 0 Å². The topological polar surface area (TPSA) is 50.3 Å². The molecule has 0 atom stereocenters. The van der Waals surface area contributed by atoms with Crippen molar-refractivity contribution in [3.63, 3.8) is 0 Å². The number of nitrogens with zero attached hydrogens (tertiary/aromatic N) is 2. The van der Waals surface area contributed by atoms with Crippen molar-refractivity contribution in [2.24, 2.45) is 5.92 Å². The van der Waals surface area contributed by atoms with E-state index in [1.54, 1.807) is 0 Å². The van der Waals surface area contributed by atoms with Gasteiger partial charge in [-0.3, -0.25) is 0 Å². The van der Waals surface area contributed by atoms with Crippen molar-refractivity contribution in [1.82, 2.24) is 9.29 Å². The minimum Gasteiger partial charge on any atom is -0.243 e. The fraction of sp³-hybridized carbons (Fsp3) is 0.545. The molecule has 1 aromatic rings. The Kier molecular flexibility index (Phi) is 4.01. The van der Waals surface area contributed by atoms with Crippen molar-refractivity contribution < 1.29 is 21.6 Å². The highest BCUT2D eigenvalue weighted by molar-refractivity contribution is 7.89. The molecule has 0 N–H and O–H groups in total. The molecular formula is C11H12ClF3N2O2S. The molecule has 20 heavy (non-hydrogen) atoms. The van der Waals surface area contributed by atoms with E-state index in [2.05, 4.69) is 4.98 Å². The average Bonchev–Trinajstić information content (AvgIpc) is 3.11. The lowest BCUT2D eigenvalue weighted by atomic mass is 10.3. The summed E-state index contributed by atoms with van der Waals surface area (Å²) in [5, 5.41) is -0.763. The van der Waals surface area contributed by atoms with Gasteiger partial charge in [-0.1, -0.05) is 11.6 Å². The van der Waals surface area contributed by atoms with Crippen molar-refractivity contribution in [2.45, 2.75) is 23.9 Å². The Morgan fingerprint density at radius 2 is 2.05 bits per heavy atom. The van der Waals surface area contributed by atoms with Crippen LogP contribution in [0, 0.1) is 5.92 Å². The zero-order valence-electron chi connectivity index (χ0n) is 10.5. The molecule has 1 aliphatic carbocycles. The maximum Gasteiger partial charge on any atom is 0.419 e. The molecule has 0 saturated heterocycles. The van der Waals surface area contributed by atoms with Crippen LogP contribution in [0.2, 0.25) is 5.15 Å². The maximum atomic E-state index is 12.7. The summed E-state index contributed by atoms with van der Waals surface area (Å²) in [6, 6.07) is 0.522. The molecule has 0 aliphatic heterocycles. The van der Waals surface area contributed by atoms with Crippen LogP contribution in [0.25, 0.3) is 0 Å². The van der Waals surface area contributed by atoms with E-state index in [0.717, 1.165) is 23.3 Å². The van der Waals surface area contributed by atoms with Gasteiger partial charge in [-0.05, 0) is 24.8 Å².